The second kappa shape index (κ2) is 4.55. The van der Waals surface area contributed by atoms with Crippen LogP contribution in [-0.2, 0) is 13.0 Å². The summed E-state index contributed by atoms with van der Waals surface area (Å²) in [6.45, 7) is 0.372. The number of halogens is 1. The van der Waals surface area contributed by atoms with Crippen molar-refractivity contribution in [3.8, 4) is 0 Å². The van der Waals surface area contributed by atoms with Crippen molar-refractivity contribution in [3.05, 3.63) is 46.0 Å². The molecule has 15 heavy (non-hydrogen) atoms. The van der Waals surface area contributed by atoms with Crippen LogP contribution in [-0.4, -0.2) is 15.2 Å². The first-order chi connectivity index (χ1) is 7.28. The molecular weight excluding hydrogens is 256 g/mol. The molecule has 2 aromatic rings. The lowest BCUT2D eigenvalue weighted by Crippen LogP contribution is -1.98. The first kappa shape index (κ1) is 10.3. The molecule has 0 amide bonds. The average molecular weight is 267 g/mol. The molecule has 0 atom stereocenters. The topological polar surface area (TPSA) is 67.6 Å². The molecule has 0 saturated heterocycles. The molecule has 0 spiro atoms. The summed E-state index contributed by atoms with van der Waals surface area (Å²) in [5.41, 5.74) is 6.62. The molecule has 5 heteroatoms. The quantitative estimate of drug-likeness (QED) is 0.887. The van der Waals surface area contributed by atoms with Gasteiger partial charge in [0, 0.05) is 10.9 Å². The molecule has 3 N–H and O–H groups in total. The average Bonchev–Trinajstić information content (AvgIpc) is 2.69. The van der Waals surface area contributed by atoms with Crippen molar-refractivity contribution in [1.82, 2.24) is 15.2 Å². The molecule has 0 bridgehead atoms. The van der Waals surface area contributed by atoms with Gasteiger partial charge >= 0.3 is 0 Å². The molecule has 0 unspecified atom stereocenters. The summed E-state index contributed by atoms with van der Waals surface area (Å²) in [7, 11) is 0. The van der Waals surface area contributed by atoms with Gasteiger partial charge in [0.15, 0.2) is 5.82 Å². The monoisotopic (exact) mass is 266 g/mol. The largest absolute Gasteiger partial charge is 0.324 e. The number of hydrogen-bond acceptors (Lipinski definition) is 3. The van der Waals surface area contributed by atoms with Crippen LogP contribution < -0.4 is 5.73 Å². The number of benzene rings is 1. The summed E-state index contributed by atoms with van der Waals surface area (Å²) in [6, 6.07) is 8.12. The van der Waals surface area contributed by atoms with Crippen LogP contribution in [0.4, 0.5) is 0 Å². The first-order valence-corrected chi connectivity index (χ1v) is 5.42. The molecule has 1 heterocycles. The Balaban J connectivity index is 2.11. The van der Waals surface area contributed by atoms with E-state index in [1.54, 1.807) is 0 Å². The van der Waals surface area contributed by atoms with Gasteiger partial charge < -0.3 is 5.73 Å². The lowest BCUT2D eigenvalue weighted by Gasteiger charge is -1.97. The second-order valence-electron chi connectivity index (χ2n) is 3.21. The number of nitrogens with zero attached hydrogens (tertiary/aromatic N) is 2. The highest BCUT2D eigenvalue weighted by Crippen LogP contribution is 2.12. The second-order valence-corrected chi connectivity index (χ2v) is 4.12. The molecule has 78 valence electrons. The molecule has 0 aliphatic carbocycles. The van der Waals surface area contributed by atoms with Gasteiger partial charge in [-0.3, -0.25) is 5.10 Å². The van der Waals surface area contributed by atoms with Crippen LogP contribution in [0, 0.1) is 0 Å². The maximum Gasteiger partial charge on any atom is 0.164 e. The zero-order valence-corrected chi connectivity index (χ0v) is 9.66. The maximum absolute atomic E-state index is 5.43. The van der Waals surface area contributed by atoms with Gasteiger partial charge in [0.2, 0.25) is 0 Å². The van der Waals surface area contributed by atoms with Crippen molar-refractivity contribution in [3.63, 3.8) is 0 Å². The van der Waals surface area contributed by atoms with Gasteiger partial charge in [-0.25, -0.2) is 4.98 Å². The van der Waals surface area contributed by atoms with Crippen LogP contribution in [0.1, 0.15) is 17.2 Å². The third kappa shape index (κ3) is 2.64. The van der Waals surface area contributed by atoms with Gasteiger partial charge in [0.1, 0.15) is 5.82 Å². The van der Waals surface area contributed by atoms with E-state index in [4.69, 9.17) is 5.73 Å². The summed E-state index contributed by atoms with van der Waals surface area (Å²) in [5.74, 6) is 1.50. The molecule has 0 aliphatic heterocycles. The van der Waals surface area contributed by atoms with E-state index in [0.717, 1.165) is 16.7 Å². The highest BCUT2D eigenvalue weighted by atomic mass is 79.9. The Morgan fingerprint density at radius 1 is 1.27 bits per heavy atom. The van der Waals surface area contributed by atoms with Crippen LogP contribution >= 0.6 is 15.9 Å². The van der Waals surface area contributed by atoms with Gasteiger partial charge in [0.25, 0.3) is 0 Å². The van der Waals surface area contributed by atoms with E-state index < -0.39 is 0 Å². The number of hydrogen-bond donors (Lipinski definition) is 2. The van der Waals surface area contributed by atoms with E-state index in [9.17, 15) is 0 Å². The van der Waals surface area contributed by atoms with Crippen molar-refractivity contribution < 1.29 is 0 Å². The zero-order chi connectivity index (χ0) is 10.7. The van der Waals surface area contributed by atoms with E-state index in [-0.39, 0.29) is 0 Å². The molecule has 0 radical (unpaired) electrons. The predicted molar refractivity (Wildman–Crippen MR) is 61.2 cm³/mol. The molecule has 0 fully saturated rings. The summed E-state index contributed by atoms with van der Waals surface area (Å²) in [4.78, 5) is 4.24. The van der Waals surface area contributed by atoms with Crippen molar-refractivity contribution in [2.75, 3.05) is 0 Å². The minimum atomic E-state index is 0.372. The molecule has 1 aromatic carbocycles. The number of nitrogens with one attached hydrogen (secondary N) is 1. The zero-order valence-electron chi connectivity index (χ0n) is 8.07. The molecule has 4 nitrogen and oxygen atoms in total. The predicted octanol–water partition coefficient (Wildman–Crippen LogP) is 1.62. The molecule has 0 aliphatic rings. The first-order valence-electron chi connectivity index (χ1n) is 4.62. The number of aromatic amines is 1. The van der Waals surface area contributed by atoms with Gasteiger partial charge in [-0.1, -0.05) is 28.1 Å². The fourth-order valence-corrected chi connectivity index (χ4v) is 1.57. The van der Waals surface area contributed by atoms with Crippen LogP contribution in [0.15, 0.2) is 28.7 Å². The van der Waals surface area contributed by atoms with Crippen molar-refractivity contribution in [2.45, 2.75) is 13.0 Å². The Kier molecular flexibility index (Phi) is 3.13. The number of aromatic nitrogens is 3. The summed E-state index contributed by atoms with van der Waals surface area (Å²) >= 11 is 3.39. The minimum Gasteiger partial charge on any atom is -0.324 e. The van der Waals surface area contributed by atoms with Crippen molar-refractivity contribution in [2.24, 2.45) is 5.73 Å². The maximum atomic E-state index is 5.43. The van der Waals surface area contributed by atoms with Gasteiger partial charge in [-0.05, 0) is 17.7 Å². The van der Waals surface area contributed by atoms with E-state index in [2.05, 4.69) is 43.2 Å². The third-order valence-corrected chi connectivity index (χ3v) is 2.57. The Labute approximate surface area is 96.0 Å². The Morgan fingerprint density at radius 3 is 2.60 bits per heavy atom. The Morgan fingerprint density at radius 2 is 2.00 bits per heavy atom. The van der Waals surface area contributed by atoms with E-state index in [0.29, 0.717) is 12.4 Å². The van der Waals surface area contributed by atoms with Crippen molar-refractivity contribution >= 4 is 15.9 Å². The van der Waals surface area contributed by atoms with E-state index in [1.165, 1.54) is 5.56 Å². The molecular formula is C10H11BrN4. The summed E-state index contributed by atoms with van der Waals surface area (Å²) in [5, 5.41) is 6.84. The minimum absolute atomic E-state index is 0.372. The number of rotatable bonds is 3. The van der Waals surface area contributed by atoms with Crippen LogP contribution in [0.5, 0.6) is 0 Å². The fourth-order valence-electron chi connectivity index (χ4n) is 1.30. The lowest BCUT2D eigenvalue weighted by molar-refractivity contribution is 0.916. The van der Waals surface area contributed by atoms with E-state index in [1.807, 2.05) is 12.1 Å². The molecule has 0 saturated carbocycles. The van der Waals surface area contributed by atoms with Crippen LogP contribution in [0.3, 0.4) is 0 Å². The van der Waals surface area contributed by atoms with Crippen LogP contribution in [0.25, 0.3) is 0 Å². The molecule has 2 rings (SSSR count). The SMILES string of the molecule is NCc1n[nH]c(Cc2ccc(Br)cc2)n1. The standard InChI is InChI=1S/C10H11BrN4/c11-8-3-1-7(2-4-8)5-9-13-10(6-12)15-14-9/h1-4H,5-6,12H2,(H,13,14,15). The van der Waals surface area contributed by atoms with Crippen LogP contribution in [0.2, 0.25) is 0 Å². The normalized spacial score (nSPS) is 10.5. The highest BCUT2D eigenvalue weighted by molar-refractivity contribution is 9.10. The van der Waals surface area contributed by atoms with Gasteiger partial charge in [-0.15, -0.1) is 0 Å². The van der Waals surface area contributed by atoms with Gasteiger partial charge in [-0.2, -0.15) is 5.10 Å². The van der Waals surface area contributed by atoms with Crippen molar-refractivity contribution in [1.29, 1.82) is 0 Å². The molecule has 1 aromatic heterocycles. The number of H-pyrrole nitrogens is 1. The Bertz CT molecular complexity index is 435. The Hall–Kier alpha value is -1.20. The van der Waals surface area contributed by atoms with E-state index >= 15 is 0 Å². The van der Waals surface area contributed by atoms with Gasteiger partial charge in [0.05, 0.1) is 6.54 Å². The third-order valence-electron chi connectivity index (χ3n) is 2.05. The summed E-state index contributed by atoms with van der Waals surface area (Å²) in [6.07, 6.45) is 0.750. The summed E-state index contributed by atoms with van der Waals surface area (Å²) < 4.78 is 1.08. The lowest BCUT2D eigenvalue weighted by atomic mass is 10.1. The fraction of sp³-hybridized carbons (Fsp3) is 0.200. The number of nitrogens with two attached hydrogens (primary N) is 1. The highest BCUT2D eigenvalue weighted by Gasteiger charge is 2.02. The smallest absolute Gasteiger partial charge is 0.164 e.